The van der Waals surface area contributed by atoms with Gasteiger partial charge in [0.15, 0.2) is 0 Å². The van der Waals surface area contributed by atoms with Gasteiger partial charge in [0.2, 0.25) is 5.91 Å². The second-order valence-electron chi connectivity index (χ2n) is 5.33. The van der Waals surface area contributed by atoms with Gasteiger partial charge in [0.1, 0.15) is 16.3 Å². The van der Waals surface area contributed by atoms with E-state index in [1.165, 1.54) is 11.3 Å². The van der Waals surface area contributed by atoms with Crippen LogP contribution in [0.2, 0.25) is 0 Å². The van der Waals surface area contributed by atoms with Gasteiger partial charge in [0, 0.05) is 17.4 Å². The average molecular weight is 361 g/mol. The number of amides is 1. The topological polar surface area (TPSA) is 64.6 Å². The lowest BCUT2D eigenvalue weighted by atomic mass is 10.0. The molecule has 0 radical (unpaired) electrons. The van der Waals surface area contributed by atoms with E-state index >= 15 is 0 Å². The summed E-state index contributed by atoms with van der Waals surface area (Å²) < 4.78 is 10.6. The van der Waals surface area contributed by atoms with Gasteiger partial charge in [0.25, 0.3) is 0 Å². The molecule has 1 heterocycles. The lowest BCUT2D eigenvalue weighted by Crippen LogP contribution is -2.14. The Morgan fingerprint density at radius 3 is 2.40 bits per heavy atom. The number of benzene rings is 1. The molecule has 0 aliphatic carbocycles. The second kappa shape index (κ2) is 9.22. The molecule has 0 aliphatic heterocycles. The molecule has 1 aromatic heterocycles. The van der Waals surface area contributed by atoms with Gasteiger partial charge in [-0.2, -0.15) is 0 Å². The number of esters is 1. The highest BCUT2D eigenvalue weighted by Crippen LogP contribution is 2.37. The van der Waals surface area contributed by atoms with E-state index in [9.17, 15) is 9.59 Å². The summed E-state index contributed by atoms with van der Waals surface area (Å²) >= 11 is 1.33. The number of carbonyl (C=O) groups is 2. The van der Waals surface area contributed by atoms with Crippen LogP contribution in [0, 0.1) is 0 Å². The maximum atomic E-state index is 12.4. The van der Waals surface area contributed by atoms with Crippen molar-refractivity contribution in [2.24, 2.45) is 0 Å². The van der Waals surface area contributed by atoms with Gasteiger partial charge in [-0.3, -0.25) is 4.79 Å². The van der Waals surface area contributed by atoms with Crippen LogP contribution in [-0.2, 0) is 9.53 Å². The summed E-state index contributed by atoms with van der Waals surface area (Å²) in [5.74, 6) is 0.239. The van der Waals surface area contributed by atoms with Gasteiger partial charge in [-0.25, -0.2) is 4.79 Å². The molecule has 1 aromatic carbocycles. The molecule has 0 atom stereocenters. The standard InChI is InChI=1S/C19H23NO4S/c1-4-7-16(21)20-18-17(19(22)24-6-3)15(12-25-18)13-8-10-14(11-9-13)23-5-2/h8-12H,4-7H2,1-3H3,(H,20,21). The Hall–Kier alpha value is -2.34. The predicted octanol–water partition coefficient (Wildman–Crippen LogP) is 4.73. The van der Waals surface area contributed by atoms with Crippen molar-refractivity contribution in [1.29, 1.82) is 0 Å². The number of thiophene rings is 1. The van der Waals surface area contributed by atoms with Gasteiger partial charge in [0.05, 0.1) is 13.2 Å². The Kier molecular flexibility index (Phi) is 7.01. The molecule has 0 saturated heterocycles. The fourth-order valence-corrected chi connectivity index (χ4v) is 3.36. The first-order valence-electron chi connectivity index (χ1n) is 8.42. The number of hydrogen-bond donors (Lipinski definition) is 1. The van der Waals surface area contributed by atoms with Crippen LogP contribution in [0.15, 0.2) is 29.6 Å². The van der Waals surface area contributed by atoms with Crippen LogP contribution in [0.1, 0.15) is 44.0 Å². The van der Waals surface area contributed by atoms with Crippen LogP contribution >= 0.6 is 11.3 Å². The van der Waals surface area contributed by atoms with E-state index in [4.69, 9.17) is 9.47 Å². The largest absolute Gasteiger partial charge is 0.494 e. The van der Waals surface area contributed by atoms with E-state index in [1.54, 1.807) is 6.92 Å². The Labute approximate surface area is 152 Å². The minimum absolute atomic E-state index is 0.104. The van der Waals surface area contributed by atoms with Crippen molar-refractivity contribution in [3.8, 4) is 16.9 Å². The average Bonchev–Trinajstić information content (AvgIpc) is 3.00. The lowest BCUT2D eigenvalue weighted by molar-refractivity contribution is -0.116. The third-order valence-corrected chi connectivity index (χ3v) is 4.37. The van der Waals surface area contributed by atoms with Gasteiger partial charge in [-0.05, 0) is 38.0 Å². The second-order valence-corrected chi connectivity index (χ2v) is 6.21. The van der Waals surface area contributed by atoms with Crippen LogP contribution in [0.3, 0.4) is 0 Å². The molecule has 5 nitrogen and oxygen atoms in total. The quantitative estimate of drug-likeness (QED) is 0.691. The van der Waals surface area contributed by atoms with Crippen LogP contribution in [0.25, 0.3) is 11.1 Å². The van der Waals surface area contributed by atoms with Crippen molar-refractivity contribution < 1.29 is 19.1 Å². The molecule has 0 aliphatic rings. The van der Waals surface area contributed by atoms with Gasteiger partial charge < -0.3 is 14.8 Å². The van der Waals surface area contributed by atoms with E-state index in [1.807, 2.05) is 43.5 Å². The van der Waals surface area contributed by atoms with Gasteiger partial charge >= 0.3 is 5.97 Å². The number of rotatable bonds is 8. The van der Waals surface area contributed by atoms with Crippen LogP contribution in [-0.4, -0.2) is 25.1 Å². The van der Waals surface area contributed by atoms with E-state index in [2.05, 4.69) is 5.32 Å². The van der Waals surface area contributed by atoms with Crippen molar-refractivity contribution in [1.82, 2.24) is 0 Å². The van der Waals surface area contributed by atoms with Crippen molar-refractivity contribution >= 4 is 28.2 Å². The highest BCUT2D eigenvalue weighted by molar-refractivity contribution is 7.15. The summed E-state index contributed by atoms with van der Waals surface area (Å²) in [5.41, 5.74) is 2.03. The third-order valence-electron chi connectivity index (χ3n) is 3.48. The van der Waals surface area contributed by atoms with Crippen molar-refractivity contribution in [3.05, 3.63) is 35.2 Å². The van der Waals surface area contributed by atoms with Crippen molar-refractivity contribution in [2.45, 2.75) is 33.6 Å². The summed E-state index contributed by atoms with van der Waals surface area (Å²) in [7, 11) is 0. The molecule has 0 saturated carbocycles. The number of ether oxygens (including phenoxy) is 2. The van der Waals surface area contributed by atoms with E-state index in [0.717, 1.165) is 23.3 Å². The molecule has 2 aromatic rings. The molecule has 6 heteroatoms. The first kappa shape index (κ1) is 19.0. The highest BCUT2D eigenvalue weighted by Gasteiger charge is 2.22. The lowest BCUT2D eigenvalue weighted by Gasteiger charge is -2.09. The fourth-order valence-electron chi connectivity index (χ4n) is 2.38. The van der Waals surface area contributed by atoms with Gasteiger partial charge in [-0.1, -0.05) is 19.1 Å². The molecule has 1 amide bonds. The maximum absolute atomic E-state index is 12.4. The summed E-state index contributed by atoms with van der Waals surface area (Å²) in [6.07, 6.45) is 1.16. The molecule has 1 N–H and O–H groups in total. The monoisotopic (exact) mass is 361 g/mol. The number of hydrogen-bond acceptors (Lipinski definition) is 5. The Balaban J connectivity index is 2.37. The molecular weight excluding hydrogens is 338 g/mol. The molecule has 2 rings (SSSR count). The normalized spacial score (nSPS) is 10.4. The molecule has 0 bridgehead atoms. The summed E-state index contributed by atoms with van der Waals surface area (Å²) in [6.45, 7) is 6.50. The Morgan fingerprint density at radius 2 is 1.80 bits per heavy atom. The summed E-state index contributed by atoms with van der Waals surface area (Å²) in [4.78, 5) is 24.4. The molecular formula is C19H23NO4S. The zero-order valence-electron chi connectivity index (χ0n) is 14.8. The minimum Gasteiger partial charge on any atom is -0.494 e. The molecule has 0 spiro atoms. The van der Waals surface area contributed by atoms with E-state index in [-0.39, 0.29) is 12.5 Å². The minimum atomic E-state index is -0.431. The number of carbonyl (C=O) groups excluding carboxylic acids is 2. The first-order chi connectivity index (χ1) is 12.1. The SMILES string of the molecule is CCCC(=O)Nc1scc(-c2ccc(OCC)cc2)c1C(=O)OCC. The molecule has 134 valence electrons. The fraction of sp³-hybridized carbons (Fsp3) is 0.368. The van der Waals surface area contributed by atoms with Crippen LogP contribution in [0.5, 0.6) is 5.75 Å². The zero-order chi connectivity index (χ0) is 18.2. The van der Waals surface area contributed by atoms with Crippen LogP contribution < -0.4 is 10.1 Å². The first-order valence-corrected chi connectivity index (χ1v) is 9.30. The third kappa shape index (κ3) is 4.82. The van der Waals surface area contributed by atoms with Crippen molar-refractivity contribution in [3.63, 3.8) is 0 Å². The van der Waals surface area contributed by atoms with E-state index < -0.39 is 5.97 Å². The van der Waals surface area contributed by atoms with Crippen molar-refractivity contribution in [2.75, 3.05) is 18.5 Å². The molecule has 0 fully saturated rings. The number of anilines is 1. The molecule has 0 unspecified atom stereocenters. The van der Waals surface area contributed by atoms with E-state index in [0.29, 0.717) is 23.6 Å². The zero-order valence-corrected chi connectivity index (χ0v) is 15.6. The smallest absolute Gasteiger partial charge is 0.341 e. The summed E-state index contributed by atoms with van der Waals surface area (Å²) in [5, 5.41) is 5.22. The van der Waals surface area contributed by atoms with Crippen LogP contribution in [0.4, 0.5) is 5.00 Å². The summed E-state index contributed by atoms with van der Waals surface area (Å²) in [6, 6.07) is 7.52. The number of nitrogens with one attached hydrogen (secondary N) is 1. The molecule has 25 heavy (non-hydrogen) atoms. The predicted molar refractivity (Wildman–Crippen MR) is 100 cm³/mol. The highest BCUT2D eigenvalue weighted by atomic mass is 32.1. The Morgan fingerprint density at radius 1 is 1.08 bits per heavy atom. The maximum Gasteiger partial charge on any atom is 0.341 e. The van der Waals surface area contributed by atoms with Gasteiger partial charge in [-0.15, -0.1) is 11.3 Å². The Bertz CT molecular complexity index is 722.